The van der Waals surface area contributed by atoms with E-state index in [1.165, 1.54) is 31.4 Å². The number of alkyl halides is 3. The van der Waals surface area contributed by atoms with Gasteiger partial charge in [0.05, 0.1) is 35.0 Å². The second kappa shape index (κ2) is 9.78. The number of halogens is 3. The molecule has 2 heterocycles. The smallest absolute Gasteiger partial charge is 0.271 e. The van der Waals surface area contributed by atoms with Crippen molar-refractivity contribution < 1.29 is 33.9 Å². The molecular weight excluding hydrogens is 657 g/mol. The first-order chi connectivity index (χ1) is 19.9. The minimum Gasteiger partial charge on any atom is -0.504 e. The lowest BCUT2D eigenvalue weighted by Crippen LogP contribution is -2.60. The molecule has 0 aromatic heterocycles. The van der Waals surface area contributed by atoms with Crippen LogP contribution in [0.3, 0.4) is 0 Å². The average molecular weight is 679 g/mol. The molecule has 14 heteroatoms. The summed E-state index contributed by atoms with van der Waals surface area (Å²) in [6.07, 6.45) is 1.59. The van der Waals surface area contributed by atoms with E-state index in [1.807, 2.05) is 0 Å². The van der Waals surface area contributed by atoms with Crippen LogP contribution in [0.5, 0.6) is 11.5 Å². The molecule has 2 saturated heterocycles. The fourth-order valence-corrected chi connectivity index (χ4v) is 8.45. The normalized spacial score (nSPS) is 32.0. The number of ether oxygens (including phenoxy) is 1. The van der Waals surface area contributed by atoms with E-state index in [-0.39, 0.29) is 46.7 Å². The van der Waals surface area contributed by atoms with E-state index in [4.69, 9.17) is 27.9 Å². The van der Waals surface area contributed by atoms with Crippen molar-refractivity contribution in [1.82, 2.24) is 4.90 Å². The zero-order chi connectivity index (χ0) is 30.3. The van der Waals surface area contributed by atoms with Crippen LogP contribution in [0.2, 0.25) is 0 Å². The number of imide groups is 2. The highest BCUT2D eigenvalue weighted by Gasteiger charge is 2.76. The van der Waals surface area contributed by atoms with Gasteiger partial charge in [-0.15, -0.1) is 23.2 Å². The molecule has 6 unspecified atom stereocenters. The first kappa shape index (κ1) is 28.6. The number of benzene rings is 2. The van der Waals surface area contributed by atoms with E-state index in [0.29, 0.717) is 5.57 Å². The summed E-state index contributed by atoms with van der Waals surface area (Å²) in [6, 6.07) is 9.88. The van der Waals surface area contributed by atoms with Crippen LogP contribution in [-0.4, -0.2) is 60.9 Å². The number of aromatic hydroxyl groups is 1. The van der Waals surface area contributed by atoms with Gasteiger partial charge >= 0.3 is 0 Å². The molecule has 2 aliphatic heterocycles. The minimum absolute atomic E-state index is 0.0535. The van der Waals surface area contributed by atoms with Crippen LogP contribution in [0.25, 0.3) is 0 Å². The lowest BCUT2D eigenvalue weighted by Gasteiger charge is -2.50. The van der Waals surface area contributed by atoms with Crippen molar-refractivity contribution in [1.29, 1.82) is 0 Å². The van der Waals surface area contributed by atoms with Crippen molar-refractivity contribution in [2.75, 3.05) is 17.5 Å². The summed E-state index contributed by atoms with van der Waals surface area (Å²) in [6.45, 7) is 0. The summed E-state index contributed by atoms with van der Waals surface area (Å²) in [5.74, 6) is -6.70. The van der Waals surface area contributed by atoms with Gasteiger partial charge in [-0.25, -0.2) is 4.90 Å². The SMILES string of the molecule is COc1cccc(C2C3=CCC4C(=O)N(c5cccc([N+](=O)[O-])c5)C(=O)C4C3CC3(Cl)C(=O)N(CBr)C(=O)C23Cl)c1O. The molecule has 4 aliphatic rings. The number of nitro groups is 1. The van der Waals surface area contributed by atoms with Crippen LogP contribution < -0.4 is 9.64 Å². The number of amides is 4. The van der Waals surface area contributed by atoms with Crippen LogP contribution in [0.1, 0.15) is 24.3 Å². The van der Waals surface area contributed by atoms with Crippen LogP contribution in [0.15, 0.2) is 54.1 Å². The quantitative estimate of drug-likeness (QED) is 0.123. The number of carbonyl (C=O) groups excluding carboxylic acids is 4. The third-order valence-electron chi connectivity index (χ3n) is 8.87. The number of phenols is 1. The second-order valence-electron chi connectivity index (χ2n) is 10.7. The highest BCUT2D eigenvalue weighted by Crippen LogP contribution is 2.66. The van der Waals surface area contributed by atoms with Crippen LogP contribution in [0, 0.1) is 27.9 Å². The number of methoxy groups -OCH3 is 1. The van der Waals surface area contributed by atoms with E-state index in [9.17, 15) is 34.4 Å². The number of para-hydroxylation sites is 1. The van der Waals surface area contributed by atoms with Crippen molar-refractivity contribution in [3.63, 3.8) is 0 Å². The average Bonchev–Trinajstić information content (AvgIpc) is 3.31. The Labute approximate surface area is 257 Å². The molecule has 11 nitrogen and oxygen atoms in total. The third-order valence-corrected chi connectivity index (χ3v) is 10.8. The molecular formula is C28H22BrCl2N3O8. The maximum atomic E-state index is 14.0. The summed E-state index contributed by atoms with van der Waals surface area (Å²) < 4.78 is 5.29. The van der Waals surface area contributed by atoms with Crippen molar-refractivity contribution in [3.05, 3.63) is 69.8 Å². The van der Waals surface area contributed by atoms with E-state index in [0.717, 1.165) is 15.9 Å². The third kappa shape index (κ3) is 3.58. The van der Waals surface area contributed by atoms with Crippen LogP contribution >= 0.6 is 39.1 Å². The molecule has 0 spiro atoms. The molecule has 1 saturated carbocycles. The zero-order valence-corrected chi connectivity index (χ0v) is 24.9. The van der Waals surface area contributed by atoms with Gasteiger partial charge in [0.1, 0.15) is 0 Å². The Bertz CT molecular complexity index is 1630. The Kier molecular flexibility index (Phi) is 6.67. The first-order valence-corrected chi connectivity index (χ1v) is 14.8. The maximum absolute atomic E-state index is 14.0. The number of hydrogen-bond acceptors (Lipinski definition) is 8. The van der Waals surface area contributed by atoms with E-state index in [1.54, 1.807) is 18.2 Å². The molecule has 6 atom stereocenters. The summed E-state index contributed by atoms with van der Waals surface area (Å²) in [5.41, 5.74) is 0.250. The van der Waals surface area contributed by atoms with Gasteiger partial charge in [0.15, 0.2) is 21.2 Å². The molecule has 4 amide bonds. The minimum atomic E-state index is -2.08. The number of nitro benzene ring substituents is 1. The number of likely N-dealkylation sites (tertiary alicyclic amines) is 1. The van der Waals surface area contributed by atoms with Gasteiger partial charge in [0.25, 0.3) is 17.5 Å². The number of nitrogens with zero attached hydrogens (tertiary/aromatic N) is 3. The molecule has 3 fully saturated rings. The predicted molar refractivity (Wildman–Crippen MR) is 154 cm³/mol. The summed E-state index contributed by atoms with van der Waals surface area (Å²) >= 11 is 17.5. The number of phenolic OH excluding ortho intramolecular Hbond substituents is 1. The number of carbonyl (C=O) groups is 4. The summed E-state index contributed by atoms with van der Waals surface area (Å²) in [5, 5.41) is 22.6. The lowest BCUT2D eigenvalue weighted by molar-refractivity contribution is -0.384. The maximum Gasteiger partial charge on any atom is 0.271 e. The van der Waals surface area contributed by atoms with Crippen molar-refractivity contribution in [3.8, 4) is 11.5 Å². The number of rotatable bonds is 5. The molecule has 0 radical (unpaired) electrons. The molecule has 2 aromatic rings. The predicted octanol–water partition coefficient (Wildman–Crippen LogP) is 4.22. The molecule has 2 aliphatic carbocycles. The van der Waals surface area contributed by atoms with Gasteiger partial charge in [-0.05, 0) is 30.9 Å². The Hall–Kier alpha value is -3.48. The largest absolute Gasteiger partial charge is 0.504 e. The Morgan fingerprint density at radius 1 is 1.10 bits per heavy atom. The van der Waals surface area contributed by atoms with Gasteiger partial charge < -0.3 is 9.84 Å². The molecule has 2 aromatic carbocycles. The summed E-state index contributed by atoms with van der Waals surface area (Å²) in [7, 11) is 1.36. The fraction of sp³-hybridized carbons (Fsp3) is 0.357. The fourth-order valence-electron chi connectivity index (χ4n) is 7.04. The van der Waals surface area contributed by atoms with Gasteiger partial charge in [0.2, 0.25) is 11.8 Å². The Morgan fingerprint density at radius 3 is 2.48 bits per heavy atom. The molecule has 1 N–H and O–H groups in total. The lowest BCUT2D eigenvalue weighted by atomic mass is 9.56. The monoisotopic (exact) mass is 677 g/mol. The Morgan fingerprint density at radius 2 is 1.81 bits per heavy atom. The standard InChI is InChI=1S/C28H22BrCl2N3O8/c1-42-19-7-3-6-17(22(19)35)21-15-8-9-16-20(18(15)11-27(30)25(38)32(12-29)26(39)28(21,27)31)24(37)33(23(16)36)13-4-2-5-14(10-13)34(40)41/h2-8,10,16,18,20-21,35H,9,11-12H2,1H3. The van der Waals surface area contributed by atoms with E-state index in [2.05, 4.69) is 15.9 Å². The van der Waals surface area contributed by atoms with Crippen molar-refractivity contribution in [2.24, 2.45) is 17.8 Å². The van der Waals surface area contributed by atoms with Crippen molar-refractivity contribution >= 4 is 74.1 Å². The molecule has 6 rings (SSSR count). The van der Waals surface area contributed by atoms with Gasteiger partial charge in [-0.3, -0.25) is 34.2 Å². The zero-order valence-electron chi connectivity index (χ0n) is 21.8. The summed E-state index contributed by atoms with van der Waals surface area (Å²) in [4.78, 5) is 63.7. The second-order valence-corrected chi connectivity index (χ2v) is 12.4. The van der Waals surface area contributed by atoms with Crippen molar-refractivity contribution in [2.45, 2.75) is 28.5 Å². The van der Waals surface area contributed by atoms with E-state index >= 15 is 0 Å². The Balaban J connectivity index is 1.52. The topological polar surface area (TPSA) is 147 Å². The number of non-ortho nitro benzene ring substituents is 1. The highest BCUT2D eigenvalue weighted by atomic mass is 79.9. The van der Waals surface area contributed by atoms with E-state index < -0.39 is 62.0 Å². The first-order valence-electron chi connectivity index (χ1n) is 12.9. The van der Waals surface area contributed by atoms with Gasteiger partial charge in [-0.1, -0.05) is 45.8 Å². The van der Waals surface area contributed by atoms with Gasteiger partial charge in [0, 0.05) is 23.6 Å². The number of anilines is 1. The number of fused-ring (bicyclic) bond motifs is 4. The number of allylic oxidation sites excluding steroid dienone is 2. The molecule has 218 valence electrons. The van der Waals surface area contributed by atoms with Crippen LogP contribution in [-0.2, 0) is 19.2 Å². The van der Waals surface area contributed by atoms with Gasteiger partial charge in [-0.2, -0.15) is 0 Å². The number of hydrogen-bond donors (Lipinski definition) is 1. The molecule has 0 bridgehead atoms. The highest BCUT2D eigenvalue weighted by molar-refractivity contribution is 9.09. The molecule has 42 heavy (non-hydrogen) atoms. The van der Waals surface area contributed by atoms with Crippen LogP contribution in [0.4, 0.5) is 11.4 Å².